The Labute approximate surface area is 165 Å². The summed E-state index contributed by atoms with van der Waals surface area (Å²) in [5.41, 5.74) is 2.21. The van der Waals surface area contributed by atoms with Gasteiger partial charge >= 0.3 is 5.97 Å². The van der Waals surface area contributed by atoms with Gasteiger partial charge in [0.2, 0.25) is 5.90 Å². The van der Waals surface area contributed by atoms with Gasteiger partial charge in [-0.1, -0.05) is 12.8 Å². The van der Waals surface area contributed by atoms with E-state index in [0.717, 1.165) is 36.6 Å². The largest absolute Gasteiger partial charge is 0.478 e. The molecule has 1 aromatic carbocycles. The smallest absolute Gasteiger partial charge is 0.305 e. The molecule has 0 aliphatic carbocycles. The van der Waals surface area contributed by atoms with Crippen LogP contribution in [0, 0.1) is 5.41 Å². The summed E-state index contributed by atoms with van der Waals surface area (Å²) in [4.78, 5) is 23.6. The molecule has 0 aliphatic heterocycles. The first-order valence-corrected chi connectivity index (χ1v) is 9.64. The Morgan fingerprint density at radius 2 is 1.89 bits per heavy atom. The molecule has 152 valence electrons. The third-order valence-electron chi connectivity index (χ3n) is 4.65. The molecule has 0 atom stereocenters. The fourth-order valence-electron chi connectivity index (χ4n) is 3.08. The van der Waals surface area contributed by atoms with E-state index in [2.05, 4.69) is 10.1 Å². The molecule has 7 nitrogen and oxygen atoms in total. The quantitative estimate of drug-likeness (QED) is 0.283. The van der Waals surface area contributed by atoms with Crippen LogP contribution >= 0.6 is 0 Å². The van der Waals surface area contributed by atoms with Gasteiger partial charge in [-0.3, -0.25) is 15.0 Å². The second kappa shape index (κ2) is 10.5. The maximum Gasteiger partial charge on any atom is 0.305 e. The fourth-order valence-corrected chi connectivity index (χ4v) is 3.08. The molecule has 1 heterocycles. The van der Waals surface area contributed by atoms with E-state index in [-0.39, 0.29) is 17.8 Å². The molecule has 0 saturated heterocycles. The van der Waals surface area contributed by atoms with E-state index in [1.807, 2.05) is 42.8 Å². The van der Waals surface area contributed by atoms with Crippen molar-refractivity contribution in [1.29, 1.82) is 5.41 Å². The molecule has 1 aromatic heterocycles. The summed E-state index contributed by atoms with van der Waals surface area (Å²) in [6.45, 7) is 2.89. The van der Waals surface area contributed by atoms with Crippen LogP contribution in [-0.2, 0) is 21.3 Å². The van der Waals surface area contributed by atoms with Gasteiger partial charge in [-0.05, 0) is 44.0 Å². The maximum atomic E-state index is 12.5. The molecule has 2 rings (SSSR count). The molecule has 7 heteroatoms. The van der Waals surface area contributed by atoms with Gasteiger partial charge in [0, 0.05) is 36.5 Å². The van der Waals surface area contributed by atoms with Crippen molar-refractivity contribution in [1.82, 2.24) is 9.88 Å². The molecule has 0 radical (unpaired) electrons. The monoisotopic (exact) mass is 387 g/mol. The zero-order valence-corrected chi connectivity index (χ0v) is 16.8. The minimum absolute atomic E-state index is 0.116. The van der Waals surface area contributed by atoms with Gasteiger partial charge in [-0.15, -0.1) is 0 Å². The van der Waals surface area contributed by atoms with Crippen molar-refractivity contribution < 1.29 is 19.1 Å². The van der Waals surface area contributed by atoms with Gasteiger partial charge in [0.15, 0.2) is 0 Å². The van der Waals surface area contributed by atoms with Crippen LogP contribution in [0.2, 0.25) is 0 Å². The Morgan fingerprint density at radius 1 is 1.14 bits per heavy atom. The van der Waals surface area contributed by atoms with Crippen molar-refractivity contribution in [2.24, 2.45) is 7.05 Å². The number of benzene rings is 1. The van der Waals surface area contributed by atoms with Crippen molar-refractivity contribution in [3.63, 3.8) is 0 Å². The Hall–Kier alpha value is -2.83. The first-order chi connectivity index (χ1) is 13.5. The third-order valence-corrected chi connectivity index (χ3v) is 4.65. The normalized spacial score (nSPS) is 10.7. The minimum atomic E-state index is -0.177. The number of carbonyl (C=O) groups excluding carboxylic acids is 2. The van der Waals surface area contributed by atoms with Gasteiger partial charge in [0.25, 0.3) is 5.91 Å². The lowest BCUT2D eigenvalue weighted by Gasteiger charge is -2.07. The van der Waals surface area contributed by atoms with E-state index in [4.69, 9.17) is 10.1 Å². The number of ether oxygens (including phenoxy) is 2. The average Bonchev–Trinajstić information content (AvgIpc) is 3.03. The van der Waals surface area contributed by atoms with E-state index >= 15 is 0 Å². The van der Waals surface area contributed by atoms with Crippen molar-refractivity contribution in [2.45, 2.75) is 39.0 Å². The standard InChI is InChI=1S/C21H29N3O4/c1-4-28-20(22)15-10-11-17-16(13-15)14-18(24(17)2)21(26)23-12-8-6-5-7-9-19(25)27-3/h10-11,13-14,22H,4-9,12H2,1-3H3,(H,23,26). The first-order valence-electron chi connectivity index (χ1n) is 9.64. The number of esters is 1. The molecule has 0 unspecified atom stereocenters. The number of aryl methyl sites for hydroxylation is 1. The summed E-state index contributed by atoms with van der Waals surface area (Å²) in [7, 11) is 3.26. The van der Waals surface area contributed by atoms with Crippen LogP contribution in [0.3, 0.4) is 0 Å². The lowest BCUT2D eigenvalue weighted by Crippen LogP contribution is -2.26. The van der Waals surface area contributed by atoms with Gasteiger partial charge in [-0.25, -0.2) is 0 Å². The van der Waals surface area contributed by atoms with E-state index in [1.165, 1.54) is 7.11 Å². The summed E-state index contributed by atoms with van der Waals surface area (Å²) < 4.78 is 11.7. The SMILES string of the molecule is CCOC(=N)c1ccc2c(c1)cc(C(=O)NCCCCCCC(=O)OC)n2C. The summed E-state index contributed by atoms with van der Waals surface area (Å²) in [6.07, 6.45) is 4.01. The van der Waals surface area contributed by atoms with Crippen LogP contribution in [0.4, 0.5) is 0 Å². The summed E-state index contributed by atoms with van der Waals surface area (Å²) in [5.74, 6) is -0.162. The highest BCUT2D eigenvalue weighted by Crippen LogP contribution is 2.21. The Kier molecular flexibility index (Phi) is 8.04. The molecule has 2 aromatic rings. The highest BCUT2D eigenvalue weighted by molar-refractivity contribution is 6.01. The van der Waals surface area contributed by atoms with Crippen molar-refractivity contribution in [2.75, 3.05) is 20.3 Å². The number of rotatable bonds is 10. The Bertz CT molecular complexity index is 842. The van der Waals surface area contributed by atoms with Gasteiger partial charge in [0.1, 0.15) is 5.69 Å². The second-order valence-electron chi connectivity index (χ2n) is 6.62. The molecule has 28 heavy (non-hydrogen) atoms. The van der Waals surface area contributed by atoms with Crippen LogP contribution in [0.15, 0.2) is 24.3 Å². The second-order valence-corrected chi connectivity index (χ2v) is 6.62. The molecule has 0 aliphatic rings. The van der Waals surface area contributed by atoms with E-state index in [0.29, 0.717) is 30.8 Å². The summed E-state index contributed by atoms with van der Waals surface area (Å²) in [5, 5.41) is 11.8. The third kappa shape index (κ3) is 5.58. The first kappa shape index (κ1) is 21.5. The van der Waals surface area contributed by atoms with Gasteiger partial charge in [-0.2, -0.15) is 0 Å². The topological polar surface area (TPSA) is 93.4 Å². The number of methoxy groups -OCH3 is 1. The summed E-state index contributed by atoms with van der Waals surface area (Å²) >= 11 is 0. The number of unbranched alkanes of at least 4 members (excludes halogenated alkanes) is 3. The molecule has 0 fully saturated rings. The van der Waals surface area contributed by atoms with Gasteiger partial charge < -0.3 is 19.4 Å². The molecule has 0 bridgehead atoms. The lowest BCUT2D eigenvalue weighted by atomic mass is 10.1. The molecule has 1 amide bonds. The van der Waals surface area contributed by atoms with Crippen molar-refractivity contribution >= 4 is 28.7 Å². The molecular formula is C21H29N3O4. The van der Waals surface area contributed by atoms with Crippen LogP contribution < -0.4 is 5.32 Å². The Balaban J connectivity index is 1.88. The van der Waals surface area contributed by atoms with E-state index in [9.17, 15) is 9.59 Å². The lowest BCUT2D eigenvalue weighted by molar-refractivity contribution is -0.140. The van der Waals surface area contributed by atoms with Crippen LogP contribution in [0.5, 0.6) is 0 Å². The number of hydrogen-bond donors (Lipinski definition) is 2. The van der Waals surface area contributed by atoms with E-state index < -0.39 is 0 Å². The van der Waals surface area contributed by atoms with E-state index in [1.54, 1.807) is 0 Å². The Morgan fingerprint density at radius 3 is 2.61 bits per heavy atom. The predicted molar refractivity (Wildman–Crippen MR) is 109 cm³/mol. The fraction of sp³-hybridized carbons (Fsp3) is 0.476. The number of nitrogens with zero attached hydrogens (tertiary/aromatic N) is 1. The highest BCUT2D eigenvalue weighted by Gasteiger charge is 2.14. The van der Waals surface area contributed by atoms with Crippen LogP contribution in [-0.4, -0.2) is 42.6 Å². The van der Waals surface area contributed by atoms with Crippen LogP contribution in [0.1, 0.15) is 55.1 Å². The maximum absolute atomic E-state index is 12.5. The number of amides is 1. The minimum Gasteiger partial charge on any atom is -0.478 e. The van der Waals surface area contributed by atoms with Crippen LogP contribution in [0.25, 0.3) is 10.9 Å². The molecule has 0 spiro atoms. The highest BCUT2D eigenvalue weighted by atomic mass is 16.5. The zero-order chi connectivity index (χ0) is 20.5. The molecular weight excluding hydrogens is 358 g/mol. The van der Waals surface area contributed by atoms with Crippen molar-refractivity contribution in [3.8, 4) is 0 Å². The van der Waals surface area contributed by atoms with Crippen molar-refractivity contribution in [3.05, 3.63) is 35.5 Å². The number of carbonyl (C=O) groups is 2. The average molecular weight is 387 g/mol. The zero-order valence-electron chi connectivity index (χ0n) is 16.8. The number of aromatic nitrogens is 1. The number of nitrogens with one attached hydrogen (secondary N) is 2. The summed E-state index contributed by atoms with van der Waals surface area (Å²) in [6, 6.07) is 7.43. The number of fused-ring (bicyclic) bond motifs is 1. The predicted octanol–water partition coefficient (Wildman–Crippen LogP) is 3.39. The van der Waals surface area contributed by atoms with Gasteiger partial charge in [0.05, 0.1) is 13.7 Å². The number of hydrogen-bond acceptors (Lipinski definition) is 5. The molecule has 0 saturated carbocycles. The molecule has 2 N–H and O–H groups in total.